The fourth-order valence-corrected chi connectivity index (χ4v) is 6.23. The Labute approximate surface area is 199 Å². The predicted octanol–water partition coefficient (Wildman–Crippen LogP) is 3.16. The number of hydrogen-bond acceptors (Lipinski definition) is 5. The molecule has 8 nitrogen and oxygen atoms in total. The highest BCUT2D eigenvalue weighted by Crippen LogP contribution is 2.28. The molecule has 0 bridgehead atoms. The molecule has 2 aliphatic heterocycles. The molecule has 1 aromatic carbocycles. The Bertz CT molecular complexity index is 1100. The van der Waals surface area contributed by atoms with E-state index in [4.69, 9.17) is 11.6 Å². The van der Waals surface area contributed by atoms with Crippen molar-refractivity contribution in [2.45, 2.75) is 43.0 Å². The van der Waals surface area contributed by atoms with Crippen LogP contribution in [0.4, 0.5) is 5.82 Å². The number of halogens is 1. The van der Waals surface area contributed by atoms with Gasteiger partial charge in [0.2, 0.25) is 21.8 Å². The van der Waals surface area contributed by atoms with Gasteiger partial charge in [0.05, 0.1) is 15.8 Å². The maximum Gasteiger partial charge on any atom is 0.243 e. The standard InChI is InChI=1S/C23H27ClN4O4S/c24-18-11-12-21(25-15-18)26-22(29)17-7-6-13-27(16-17)23(30)20-10-4-5-14-28(20)33(31,32)19-8-2-1-3-9-19/h1-3,8-9,11-12,15,17,20H,4-7,10,13-14,16H2,(H,25,26,29). The largest absolute Gasteiger partial charge is 0.341 e. The van der Waals surface area contributed by atoms with Crippen molar-refractivity contribution in [2.24, 2.45) is 5.92 Å². The minimum absolute atomic E-state index is 0.191. The van der Waals surface area contributed by atoms with E-state index in [-0.39, 0.29) is 29.2 Å². The third-order valence-corrected chi connectivity index (χ3v) is 8.32. The Hall–Kier alpha value is -2.49. The van der Waals surface area contributed by atoms with Crippen LogP contribution in [0.5, 0.6) is 0 Å². The molecular weight excluding hydrogens is 464 g/mol. The summed E-state index contributed by atoms with van der Waals surface area (Å²) in [5.41, 5.74) is 0. The molecule has 0 spiro atoms. The van der Waals surface area contributed by atoms with Gasteiger partial charge in [0.1, 0.15) is 11.9 Å². The summed E-state index contributed by atoms with van der Waals surface area (Å²) in [6.45, 7) is 1.08. The van der Waals surface area contributed by atoms with Crippen LogP contribution in [0.3, 0.4) is 0 Å². The summed E-state index contributed by atoms with van der Waals surface area (Å²) < 4.78 is 27.9. The van der Waals surface area contributed by atoms with E-state index in [0.29, 0.717) is 43.2 Å². The maximum absolute atomic E-state index is 13.5. The molecule has 0 radical (unpaired) electrons. The molecule has 3 heterocycles. The van der Waals surface area contributed by atoms with Crippen LogP contribution in [-0.2, 0) is 19.6 Å². The number of nitrogens with zero attached hydrogens (tertiary/aromatic N) is 3. The van der Waals surface area contributed by atoms with Crippen LogP contribution in [0.15, 0.2) is 53.6 Å². The molecular formula is C23H27ClN4O4S. The van der Waals surface area contributed by atoms with E-state index in [0.717, 1.165) is 12.8 Å². The number of hydrogen-bond donors (Lipinski definition) is 1. The van der Waals surface area contributed by atoms with Gasteiger partial charge in [0, 0.05) is 25.8 Å². The molecule has 2 aliphatic rings. The Morgan fingerprint density at radius 2 is 1.79 bits per heavy atom. The van der Waals surface area contributed by atoms with Crippen LogP contribution < -0.4 is 5.32 Å². The number of sulfonamides is 1. The minimum Gasteiger partial charge on any atom is -0.341 e. The van der Waals surface area contributed by atoms with Gasteiger partial charge < -0.3 is 10.2 Å². The fourth-order valence-electron chi connectivity index (χ4n) is 4.45. The second-order valence-electron chi connectivity index (χ2n) is 8.41. The number of carbonyl (C=O) groups excluding carboxylic acids is 2. The van der Waals surface area contributed by atoms with Crippen molar-refractivity contribution < 1.29 is 18.0 Å². The number of rotatable bonds is 5. The highest BCUT2D eigenvalue weighted by Gasteiger charge is 2.41. The number of benzene rings is 1. The maximum atomic E-state index is 13.5. The van der Waals surface area contributed by atoms with Crippen molar-refractivity contribution >= 4 is 39.3 Å². The van der Waals surface area contributed by atoms with Crippen LogP contribution in [0.1, 0.15) is 32.1 Å². The zero-order valence-corrected chi connectivity index (χ0v) is 19.8. The van der Waals surface area contributed by atoms with Gasteiger partial charge in [0.15, 0.2) is 0 Å². The van der Waals surface area contributed by atoms with Gasteiger partial charge >= 0.3 is 0 Å². The van der Waals surface area contributed by atoms with E-state index in [1.54, 1.807) is 47.4 Å². The van der Waals surface area contributed by atoms with Crippen molar-refractivity contribution in [1.82, 2.24) is 14.2 Å². The molecule has 33 heavy (non-hydrogen) atoms. The van der Waals surface area contributed by atoms with Crippen LogP contribution in [0, 0.1) is 5.92 Å². The van der Waals surface area contributed by atoms with Gasteiger partial charge in [-0.25, -0.2) is 13.4 Å². The first kappa shape index (κ1) is 23.7. The first-order chi connectivity index (χ1) is 15.9. The van der Waals surface area contributed by atoms with Crippen LogP contribution in [0.25, 0.3) is 0 Å². The Balaban J connectivity index is 1.46. The van der Waals surface area contributed by atoms with Gasteiger partial charge in [0.25, 0.3) is 0 Å². The Kier molecular flexibility index (Phi) is 7.31. The molecule has 2 aromatic rings. The summed E-state index contributed by atoms with van der Waals surface area (Å²) in [5.74, 6) is -0.417. The number of nitrogens with one attached hydrogen (secondary N) is 1. The third kappa shape index (κ3) is 5.37. The predicted molar refractivity (Wildman–Crippen MR) is 125 cm³/mol. The molecule has 176 valence electrons. The fraction of sp³-hybridized carbons (Fsp3) is 0.435. The molecule has 2 amide bonds. The zero-order chi connectivity index (χ0) is 23.4. The summed E-state index contributed by atoms with van der Waals surface area (Å²) in [4.78, 5) is 32.2. The number of likely N-dealkylation sites (tertiary alicyclic amines) is 1. The quantitative estimate of drug-likeness (QED) is 0.694. The number of amides is 2. The number of carbonyl (C=O) groups is 2. The second-order valence-corrected chi connectivity index (χ2v) is 10.7. The molecule has 4 rings (SSSR count). The summed E-state index contributed by atoms with van der Waals surface area (Å²) in [5, 5.41) is 3.26. The van der Waals surface area contributed by atoms with Gasteiger partial charge in [-0.15, -0.1) is 0 Å². The monoisotopic (exact) mass is 490 g/mol. The molecule has 2 atom stereocenters. The number of pyridine rings is 1. The van der Waals surface area contributed by atoms with Crippen LogP contribution in [0.2, 0.25) is 5.02 Å². The Morgan fingerprint density at radius 3 is 2.52 bits per heavy atom. The average Bonchev–Trinajstić information content (AvgIpc) is 2.85. The minimum atomic E-state index is -3.78. The van der Waals surface area contributed by atoms with E-state index in [1.807, 2.05) is 0 Å². The molecule has 0 saturated carbocycles. The van der Waals surface area contributed by atoms with Gasteiger partial charge in [-0.1, -0.05) is 36.2 Å². The van der Waals surface area contributed by atoms with E-state index in [2.05, 4.69) is 10.3 Å². The lowest BCUT2D eigenvalue weighted by atomic mass is 9.95. The van der Waals surface area contributed by atoms with Gasteiger partial charge in [-0.05, 0) is 49.9 Å². The van der Waals surface area contributed by atoms with Crippen molar-refractivity contribution in [3.05, 3.63) is 53.7 Å². The topological polar surface area (TPSA) is 99.7 Å². The van der Waals surface area contributed by atoms with E-state index >= 15 is 0 Å². The normalized spacial score (nSPS) is 22.0. The molecule has 2 fully saturated rings. The second kappa shape index (κ2) is 10.2. The lowest BCUT2D eigenvalue weighted by molar-refractivity contribution is -0.139. The van der Waals surface area contributed by atoms with Crippen LogP contribution >= 0.6 is 11.6 Å². The number of piperidine rings is 2. The summed E-state index contributed by atoms with van der Waals surface area (Å²) in [6.07, 6.45) is 4.77. The number of anilines is 1. The highest BCUT2D eigenvalue weighted by molar-refractivity contribution is 7.89. The SMILES string of the molecule is O=C(Nc1ccc(Cl)cn1)C1CCCN(C(=O)C2CCCCN2S(=O)(=O)c2ccccc2)C1. The van der Waals surface area contributed by atoms with E-state index in [9.17, 15) is 18.0 Å². The first-order valence-corrected chi connectivity index (χ1v) is 13.0. The van der Waals surface area contributed by atoms with Crippen molar-refractivity contribution in [3.63, 3.8) is 0 Å². The smallest absolute Gasteiger partial charge is 0.243 e. The third-order valence-electron chi connectivity index (χ3n) is 6.17. The Morgan fingerprint density at radius 1 is 1.00 bits per heavy atom. The van der Waals surface area contributed by atoms with Crippen molar-refractivity contribution in [2.75, 3.05) is 25.0 Å². The summed E-state index contributed by atoms with van der Waals surface area (Å²) >= 11 is 5.84. The molecule has 1 N–H and O–H groups in total. The summed E-state index contributed by atoms with van der Waals surface area (Å²) in [6, 6.07) is 10.7. The van der Waals surface area contributed by atoms with Crippen molar-refractivity contribution in [1.29, 1.82) is 0 Å². The van der Waals surface area contributed by atoms with E-state index in [1.165, 1.54) is 10.5 Å². The lowest BCUT2D eigenvalue weighted by Crippen LogP contribution is -2.55. The van der Waals surface area contributed by atoms with Crippen molar-refractivity contribution in [3.8, 4) is 0 Å². The summed E-state index contributed by atoms with van der Waals surface area (Å²) in [7, 11) is -3.78. The highest BCUT2D eigenvalue weighted by atomic mass is 35.5. The zero-order valence-electron chi connectivity index (χ0n) is 18.2. The van der Waals surface area contributed by atoms with Gasteiger partial charge in [-0.3, -0.25) is 9.59 Å². The average molecular weight is 491 g/mol. The van der Waals surface area contributed by atoms with Gasteiger partial charge in [-0.2, -0.15) is 4.31 Å². The first-order valence-electron chi connectivity index (χ1n) is 11.1. The molecule has 2 saturated heterocycles. The molecule has 2 unspecified atom stereocenters. The van der Waals surface area contributed by atoms with E-state index < -0.39 is 16.1 Å². The van der Waals surface area contributed by atoms with Crippen LogP contribution in [-0.4, -0.2) is 60.1 Å². The lowest BCUT2D eigenvalue weighted by Gasteiger charge is -2.39. The molecule has 0 aliphatic carbocycles. The number of aromatic nitrogens is 1. The molecule has 10 heteroatoms. The molecule has 1 aromatic heterocycles.